The predicted molar refractivity (Wildman–Crippen MR) is 62.8 cm³/mol. The van der Waals surface area contributed by atoms with Crippen LogP contribution in [0.15, 0.2) is 22.7 Å². The third kappa shape index (κ3) is 1.96. The molecule has 0 radical (unpaired) electrons. The first kappa shape index (κ1) is 10.5. The molecule has 0 amide bonds. The monoisotopic (exact) mass is 234 g/mol. The number of rotatable bonds is 2. The fraction of sp³-hybridized carbons (Fsp3) is 0.455. The number of pyridine rings is 1. The van der Waals surface area contributed by atoms with Crippen molar-refractivity contribution in [2.75, 3.05) is 31.1 Å². The quantitative estimate of drug-likeness (QED) is 0.809. The van der Waals surface area contributed by atoms with Gasteiger partial charge in [-0.15, -0.1) is 0 Å². The molecule has 0 saturated carbocycles. The molecule has 1 aliphatic rings. The van der Waals surface area contributed by atoms with Gasteiger partial charge in [-0.25, -0.2) is 4.98 Å². The summed E-state index contributed by atoms with van der Waals surface area (Å²) in [4.78, 5) is 10.5. The Morgan fingerprint density at radius 3 is 3.29 bits per heavy atom. The smallest absolute Gasteiger partial charge is 0.300 e. The number of nitrogens with two attached hydrogens (primary N) is 1. The van der Waals surface area contributed by atoms with Gasteiger partial charge in [-0.05, 0) is 12.1 Å². The highest BCUT2D eigenvalue weighted by Crippen LogP contribution is 2.21. The van der Waals surface area contributed by atoms with E-state index in [1.807, 2.05) is 17.0 Å². The van der Waals surface area contributed by atoms with E-state index in [0.29, 0.717) is 36.9 Å². The van der Waals surface area contributed by atoms with Gasteiger partial charge >= 0.3 is 0 Å². The first-order valence-electron chi connectivity index (χ1n) is 5.65. The largest absolute Gasteiger partial charge is 0.422 e. The molecular weight excluding hydrogens is 220 g/mol. The van der Waals surface area contributed by atoms with E-state index in [-0.39, 0.29) is 6.10 Å². The van der Waals surface area contributed by atoms with Crippen molar-refractivity contribution in [3.8, 4) is 0 Å². The van der Waals surface area contributed by atoms with Crippen molar-refractivity contribution in [1.29, 1.82) is 0 Å². The van der Waals surface area contributed by atoms with Crippen LogP contribution in [-0.2, 0) is 4.74 Å². The van der Waals surface area contributed by atoms with E-state index in [1.54, 1.807) is 6.20 Å². The Kier molecular flexibility index (Phi) is 2.66. The molecule has 1 aliphatic heterocycles. The van der Waals surface area contributed by atoms with Crippen molar-refractivity contribution in [3.63, 3.8) is 0 Å². The minimum atomic E-state index is 0.0479. The summed E-state index contributed by atoms with van der Waals surface area (Å²) in [7, 11) is 0. The molecule has 0 bridgehead atoms. The highest BCUT2D eigenvalue weighted by atomic mass is 16.5. The molecular formula is C11H14N4O2. The van der Waals surface area contributed by atoms with Crippen LogP contribution >= 0.6 is 0 Å². The van der Waals surface area contributed by atoms with E-state index < -0.39 is 0 Å². The van der Waals surface area contributed by atoms with Gasteiger partial charge in [-0.2, -0.15) is 4.98 Å². The van der Waals surface area contributed by atoms with E-state index in [4.69, 9.17) is 14.9 Å². The van der Waals surface area contributed by atoms with Crippen LogP contribution in [0.3, 0.4) is 0 Å². The average Bonchev–Trinajstić information content (AvgIpc) is 2.82. The minimum absolute atomic E-state index is 0.0479. The number of aromatic nitrogens is 2. The number of oxazole rings is 1. The maximum atomic E-state index is 5.66. The lowest BCUT2D eigenvalue weighted by Crippen LogP contribution is -2.45. The van der Waals surface area contributed by atoms with Crippen LogP contribution in [0.1, 0.15) is 0 Å². The lowest BCUT2D eigenvalue weighted by molar-refractivity contribution is 0.0449. The van der Waals surface area contributed by atoms with Gasteiger partial charge in [-0.3, -0.25) is 0 Å². The zero-order valence-corrected chi connectivity index (χ0v) is 9.37. The van der Waals surface area contributed by atoms with Crippen molar-refractivity contribution in [2.45, 2.75) is 6.10 Å². The van der Waals surface area contributed by atoms with Gasteiger partial charge in [0.1, 0.15) is 0 Å². The summed E-state index contributed by atoms with van der Waals surface area (Å²) >= 11 is 0. The molecule has 1 fully saturated rings. The second-order valence-corrected chi connectivity index (χ2v) is 4.00. The summed E-state index contributed by atoms with van der Waals surface area (Å²) in [6.07, 6.45) is 1.75. The van der Waals surface area contributed by atoms with E-state index in [9.17, 15) is 0 Å². The molecule has 1 saturated heterocycles. The number of hydrogen-bond donors (Lipinski definition) is 1. The topological polar surface area (TPSA) is 77.4 Å². The first-order valence-corrected chi connectivity index (χ1v) is 5.65. The normalized spacial score (nSPS) is 21.0. The summed E-state index contributed by atoms with van der Waals surface area (Å²) in [5.74, 6) is 0. The summed E-state index contributed by atoms with van der Waals surface area (Å²) in [6, 6.07) is 4.29. The molecule has 2 aromatic heterocycles. The zero-order valence-electron chi connectivity index (χ0n) is 9.37. The Hall–Kier alpha value is -1.66. The van der Waals surface area contributed by atoms with E-state index >= 15 is 0 Å². The van der Waals surface area contributed by atoms with Crippen LogP contribution in [0.4, 0.5) is 6.01 Å². The number of hydrogen-bond acceptors (Lipinski definition) is 6. The molecule has 90 valence electrons. The summed E-state index contributed by atoms with van der Waals surface area (Å²) in [5, 5.41) is 0. The predicted octanol–water partition coefficient (Wildman–Crippen LogP) is 0.387. The molecule has 6 nitrogen and oxygen atoms in total. The van der Waals surface area contributed by atoms with Crippen molar-refractivity contribution >= 4 is 17.2 Å². The third-order valence-electron chi connectivity index (χ3n) is 2.83. The lowest BCUT2D eigenvalue weighted by atomic mass is 10.3. The minimum Gasteiger partial charge on any atom is -0.422 e. The first-order chi connectivity index (χ1) is 8.36. The van der Waals surface area contributed by atoms with Gasteiger partial charge in [0, 0.05) is 25.8 Å². The molecule has 1 atom stereocenters. The Labute approximate surface area is 98.4 Å². The van der Waals surface area contributed by atoms with Crippen LogP contribution < -0.4 is 10.6 Å². The maximum absolute atomic E-state index is 5.66. The number of fused-ring (bicyclic) bond motifs is 1. The van der Waals surface area contributed by atoms with Crippen molar-refractivity contribution in [1.82, 2.24) is 9.97 Å². The molecule has 0 spiro atoms. The van der Waals surface area contributed by atoms with E-state index in [1.165, 1.54) is 0 Å². The lowest BCUT2D eigenvalue weighted by Gasteiger charge is -2.30. The molecule has 3 rings (SSSR count). The number of nitrogens with zero attached hydrogens (tertiary/aromatic N) is 3. The van der Waals surface area contributed by atoms with E-state index in [2.05, 4.69) is 9.97 Å². The molecule has 2 N–H and O–H groups in total. The Morgan fingerprint density at radius 2 is 2.47 bits per heavy atom. The van der Waals surface area contributed by atoms with E-state index in [0.717, 1.165) is 6.54 Å². The number of morpholine rings is 1. The van der Waals surface area contributed by atoms with Crippen molar-refractivity contribution in [2.24, 2.45) is 5.73 Å². The number of ether oxygens (including phenoxy) is 1. The fourth-order valence-electron chi connectivity index (χ4n) is 1.93. The zero-order chi connectivity index (χ0) is 11.7. The summed E-state index contributed by atoms with van der Waals surface area (Å²) in [6.45, 7) is 2.63. The van der Waals surface area contributed by atoms with Gasteiger partial charge in [0.05, 0.1) is 12.7 Å². The van der Waals surface area contributed by atoms with Crippen molar-refractivity contribution < 1.29 is 9.15 Å². The SMILES string of the molecule is NCC1CN(c2nc3ncccc3o2)CCO1. The van der Waals surface area contributed by atoms with Gasteiger partial charge in [0.15, 0.2) is 5.58 Å². The fourth-order valence-corrected chi connectivity index (χ4v) is 1.93. The van der Waals surface area contributed by atoms with Crippen LogP contribution in [0.5, 0.6) is 0 Å². The van der Waals surface area contributed by atoms with Crippen LogP contribution in [0.25, 0.3) is 11.2 Å². The van der Waals surface area contributed by atoms with Crippen molar-refractivity contribution in [3.05, 3.63) is 18.3 Å². The summed E-state index contributed by atoms with van der Waals surface area (Å²) < 4.78 is 11.2. The van der Waals surface area contributed by atoms with Gasteiger partial charge in [0.2, 0.25) is 5.65 Å². The third-order valence-corrected chi connectivity index (χ3v) is 2.83. The maximum Gasteiger partial charge on any atom is 0.300 e. The van der Waals surface area contributed by atoms with Crippen LogP contribution in [0.2, 0.25) is 0 Å². The molecule has 17 heavy (non-hydrogen) atoms. The standard InChI is InChI=1S/C11H14N4O2/c12-6-8-7-15(4-5-16-8)11-14-10-9(17-11)2-1-3-13-10/h1-3,8H,4-7,12H2. The van der Waals surface area contributed by atoms with Gasteiger partial charge in [0.25, 0.3) is 6.01 Å². The molecule has 1 unspecified atom stereocenters. The van der Waals surface area contributed by atoms with Crippen LogP contribution in [-0.4, -0.2) is 42.3 Å². The highest BCUT2D eigenvalue weighted by molar-refractivity contribution is 5.69. The Balaban J connectivity index is 1.87. The molecule has 0 aliphatic carbocycles. The molecule has 6 heteroatoms. The highest BCUT2D eigenvalue weighted by Gasteiger charge is 2.23. The van der Waals surface area contributed by atoms with Crippen LogP contribution in [0, 0.1) is 0 Å². The average molecular weight is 234 g/mol. The Bertz CT molecular complexity index is 480. The second-order valence-electron chi connectivity index (χ2n) is 4.00. The number of anilines is 1. The second kappa shape index (κ2) is 4.31. The molecule has 0 aromatic carbocycles. The molecule has 3 heterocycles. The molecule has 2 aromatic rings. The summed E-state index contributed by atoms with van der Waals surface area (Å²) in [5.41, 5.74) is 6.95. The van der Waals surface area contributed by atoms with Gasteiger partial charge < -0.3 is 19.8 Å². The Morgan fingerprint density at radius 1 is 1.53 bits per heavy atom. The van der Waals surface area contributed by atoms with Gasteiger partial charge in [-0.1, -0.05) is 0 Å².